The zero-order valence-corrected chi connectivity index (χ0v) is 9.44. The number of hydrogen-bond acceptors (Lipinski definition) is 5. The van der Waals surface area contributed by atoms with E-state index >= 15 is 0 Å². The summed E-state index contributed by atoms with van der Waals surface area (Å²) in [5, 5.41) is 0. The van der Waals surface area contributed by atoms with Crippen LogP contribution in [0, 0.1) is 0 Å². The molecular formula is C11H19NO4. The highest BCUT2D eigenvalue weighted by Crippen LogP contribution is 2.21. The smallest absolute Gasteiger partial charge is 0.326 e. The first-order chi connectivity index (χ1) is 7.71. The van der Waals surface area contributed by atoms with Crippen LogP contribution in [-0.4, -0.2) is 44.0 Å². The Morgan fingerprint density at radius 2 is 1.69 bits per heavy atom. The SMILES string of the molecule is NC1(C(=O)OC2CCOCC2)CCOCC1. The summed E-state index contributed by atoms with van der Waals surface area (Å²) in [7, 11) is 0. The van der Waals surface area contributed by atoms with E-state index in [0.29, 0.717) is 39.3 Å². The van der Waals surface area contributed by atoms with Gasteiger partial charge in [0.05, 0.1) is 13.2 Å². The van der Waals surface area contributed by atoms with Gasteiger partial charge in [-0.25, -0.2) is 0 Å². The lowest BCUT2D eigenvalue weighted by Crippen LogP contribution is -2.53. The van der Waals surface area contributed by atoms with Gasteiger partial charge >= 0.3 is 5.97 Å². The molecule has 5 heteroatoms. The summed E-state index contributed by atoms with van der Waals surface area (Å²) in [5.41, 5.74) is 5.20. The first kappa shape index (κ1) is 11.8. The molecule has 0 bridgehead atoms. The van der Waals surface area contributed by atoms with Gasteiger partial charge in [0.2, 0.25) is 0 Å². The van der Waals surface area contributed by atoms with Crippen LogP contribution in [0.4, 0.5) is 0 Å². The van der Waals surface area contributed by atoms with Crippen LogP contribution in [-0.2, 0) is 19.0 Å². The van der Waals surface area contributed by atoms with Gasteiger partial charge in [0.25, 0.3) is 0 Å². The first-order valence-electron chi connectivity index (χ1n) is 5.86. The van der Waals surface area contributed by atoms with E-state index in [0.717, 1.165) is 12.8 Å². The summed E-state index contributed by atoms with van der Waals surface area (Å²) in [6.07, 6.45) is 2.63. The third-order valence-electron chi connectivity index (χ3n) is 3.23. The van der Waals surface area contributed by atoms with E-state index in [1.54, 1.807) is 0 Å². The average Bonchev–Trinajstić information content (AvgIpc) is 2.31. The minimum absolute atomic E-state index is 0.0236. The Morgan fingerprint density at radius 3 is 2.31 bits per heavy atom. The van der Waals surface area contributed by atoms with Gasteiger partial charge in [-0.05, 0) is 12.8 Å². The van der Waals surface area contributed by atoms with E-state index in [2.05, 4.69) is 0 Å². The molecular weight excluding hydrogens is 210 g/mol. The van der Waals surface area contributed by atoms with Gasteiger partial charge in [-0.15, -0.1) is 0 Å². The van der Waals surface area contributed by atoms with E-state index < -0.39 is 5.54 Å². The molecule has 0 amide bonds. The number of hydrogen-bond donors (Lipinski definition) is 1. The predicted molar refractivity (Wildman–Crippen MR) is 56.9 cm³/mol. The predicted octanol–water partition coefficient (Wildman–Crippen LogP) is 0.216. The number of nitrogens with two attached hydrogens (primary N) is 1. The maximum atomic E-state index is 11.9. The lowest BCUT2D eigenvalue weighted by Gasteiger charge is -2.33. The van der Waals surface area contributed by atoms with Crippen LogP contribution < -0.4 is 5.73 Å². The highest BCUT2D eigenvalue weighted by Gasteiger charge is 2.38. The molecule has 0 spiro atoms. The van der Waals surface area contributed by atoms with Gasteiger partial charge in [0, 0.05) is 26.1 Å². The van der Waals surface area contributed by atoms with Gasteiger partial charge in [-0.3, -0.25) is 4.79 Å². The van der Waals surface area contributed by atoms with Crippen LogP contribution in [0.1, 0.15) is 25.7 Å². The summed E-state index contributed by atoms with van der Waals surface area (Å²) in [6.45, 7) is 2.41. The van der Waals surface area contributed by atoms with Crippen molar-refractivity contribution in [2.45, 2.75) is 37.3 Å². The summed E-state index contributed by atoms with van der Waals surface area (Å²) >= 11 is 0. The third-order valence-corrected chi connectivity index (χ3v) is 3.23. The standard InChI is InChI=1S/C11H19NO4/c12-11(3-7-15-8-4-11)10(13)16-9-1-5-14-6-2-9/h9H,1-8,12H2. The maximum Gasteiger partial charge on any atom is 0.326 e. The summed E-state index contributed by atoms with van der Waals surface area (Å²) in [4.78, 5) is 11.9. The van der Waals surface area contributed by atoms with Crippen molar-refractivity contribution in [3.63, 3.8) is 0 Å². The molecule has 2 heterocycles. The molecule has 0 aromatic rings. The molecule has 2 aliphatic heterocycles. The molecule has 0 aromatic carbocycles. The minimum Gasteiger partial charge on any atom is -0.461 e. The van der Waals surface area contributed by atoms with Crippen molar-refractivity contribution in [2.75, 3.05) is 26.4 Å². The van der Waals surface area contributed by atoms with E-state index in [9.17, 15) is 4.79 Å². The monoisotopic (exact) mass is 229 g/mol. The molecule has 0 aliphatic carbocycles. The van der Waals surface area contributed by atoms with E-state index in [4.69, 9.17) is 19.9 Å². The van der Waals surface area contributed by atoms with Gasteiger partial charge < -0.3 is 19.9 Å². The second-order valence-electron chi connectivity index (χ2n) is 4.49. The van der Waals surface area contributed by atoms with Gasteiger partial charge in [-0.1, -0.05) is 0 Å². The highest BCUT2D eigenvalue weighted by molar-refractivity contribution is 5.80. The van der Waals surface area contributed by atoms with Crippen LogP contribution in [0.2, 0.25) is 0 Å². The Hall–Kier alpha value is -0.650. The third kappa shape index (κ3) is 2.72. The van der Waals surface area contributed by atoms with Crippen molar-refractivity contribution in [2.24, 2.45) is 5.73 Å². The molecule has 0 aromatic heterocycles. The van der Waals surface area contributed by atoms with E-state index in [1.807, 2.05) is 0 Å². The fourth-order valence-corrected chi connectivity index (χ4v) is 2.00. The van der Waals surface area contributed by atoms with Gasteiger partial charge in [0.15, 0.2) is 0 Å². The lowest BCUT2D eigenvalue weighted by atomic mass is 9.91. The van der Waals surface area contributed by atoms with Crippen molar-refractivity contribution in [1.29, 1.82) is 0 Å². The molecule has 5 nitrogen and oxygen atoms in total. The van der Waals surface area contributed by atoms with Crippen LogP contribution in [0.15, 0.2) is 0 Å². The number of ether oxygens (including phenoxy) is 3. The molecule has 2 fully saturated rings. The Labute approximate surface area is 95.2 Å². The van der Waals surface area contributed by atoms with Crippen molar-refractivity contribution < 1.29 is 19.0 Å². The Bertz CT molecular complexity index is 244. The second kappa shape index (κ2) is 5.12. The van der Waals surface area contributed by atoms with Crippen LogP contribution in [0.5, 0.6) is 0 Å². The van der Waals surface area contributed by atoms with Crippen molar-refractivity contribution >= 4 is 5.97 Å². The van der Waals surface area contributed by atoms with Crippen molar-refractivity contribution in [3.05, 3.63) is 0 Å². The molecule has 0 unspecified atom stereocenters. The van der Waals surface area contributed by atoms with E-state index in [-0.39, 0.29) is 12.1 Å². The quantitative estimate of drug-likeness (QED) is 0.686. The average molecular weight is 229 g/mol. The topological polar surface area (TPSA) is 70.8 Å². The second-order valence-corrected chi connectivity index (χ2v) is 4.49. The molecule has 2 rings (SSSR count). The fourth-order valence-electron chi connectivity index (χ4n) is 2.00. The molecule has 0 radical (unpaired) electrons. The molecule has 0 atom stereocenters. The van der Waals surface area contributed by atoms with E-state index in [1.165, 1.54) is 0 Å². The van der Waals surface area contributed by atoms with Crippen LogP contribution >= 0.6 is 0 Å². The molecule has 0 saturated carbocycles. The molecule has 2 aliphatic rings. The maximum absolute atomic E-state index is 11.9. The highest BCUT2D eigenvalue weighted by atomic mass is 16.6. The normalized spacial score (nSPS) is 26.3. The number of rotatable bonds is 2. The molecule has 2 N–H and O–H groups in total. The van der Waals surface area contributed by atoms with Crippen molar-refractivity contribution in [1.82, 2.24) is 0 Å². The van der Waals surface area contributed by atoms with Gasteiger partial charge in [0.1, 0.15) is 11.6 Å². The van der Waals surface area contributed by atoms with Gasteiger partial charge in [-0.2, -0.15) is 0 Å². The summed E-state index contributed by atoms with van der Waals surface area (Å²) < 4.78 is 15.8. The number of carbonyl (C=O) groups is 1. The minimum atomic E-state index is -0.837. The molecule has 92 valence electrons. The summed E-state index contributed by atoms with van der Waals surface area (Å²) in [6, 6.07) is 0. The number of carbonyl (C=O) groups excluding carboxylic acids is 1. The zero-order valence-electron chi connectivity index (χ0n) is 9.44. The lowest BCUT2D eigenvalue weighted by molar-refractivity contribution is -0.163. The Kier molecular flexibility index (Phi) is 3.78. The zero-order chi connectivity index (χ0) is 11.4. The van der Waals surface area contributed by atoms with Crippen molar-refractivity contribution in [3.8, 4) is 0 Å². The largest absolute Gasteiger partial charge is 0.461 e. The Balaban J connectivity index is 1.85. The van der Waals surface area contributed by atoms with Crippen LogP contribution in [0.25, 0.3) is 0 Å². The Morgan fingerprint density at radius 1 is 1.12 bits per heavy atom. The number of esters is 1. The first-order valence-corrected chi connectivity index (χ1v) is 5.86. The molecule has 16 heavy (non-hydrogen) atoms. The summed E-state index contributed by atoms with van der Waals surface area (Å²) in [5.74, 6) is -0.275. The molecule has 2 saturated heterocycles. The van der Waals surface area contributed by atoms with Crippen LogP contribution in [0.3, 0.4) is 0 Å². The fraction of sp³-hybridized carbons (Fsp3) is 0.909.